The van der Waals surface area contributed by atoms with Gasteiger partial charge in [-0.2, -0.15) is 9.39 Å². The summed E-state index contributed by atoms with van der Waals surface area (Å²) in [5.41, 5.74) is 1.72. The summed E-state index contributed by atoms with van der Waals surface area (Å²) < 4.78 is 40.5. The summed E-state index contributed by atoms with van der Waals surface area (Å²) in [5.74, 6) is -1.51. The van der Waals surface area contributed by atoms with Crippen LogP contribution in [0.5, 0.6) is 11.5 Å². The zero-order valence-corrected chi connectivity index (χ0v) is 22.1. The van der Waals surface area contributed by atoms with E-state index in [-0.39, 0.29) is 44.9 Å². The maximum Gasteiger partial charge on any atom is 0.343 e. The Morgan fingerprint density at radius 1 is 1.16 bits per heavy atom. The van der Waals surface area contributed by atoms with Gasteiger partial charge in [-0.15, -0.1) is 0 Å². The molecule has 10 nitrogen and oxygen atoms in total. The van der Waals surface area contributed by atoms with Crippen LogP contribution in [0.2, 0.25) is 0 Å². The number of hydrogen-bond donors (Lipinski definition) is 1. The molecule has 4 rings (SSSR count). The molecule has 0 radical (unpaired) electrons. The minimum absolute atomic E-state index is 0.0189. The SMILES string of the molecule is COc1cc(/C=C2/C(=N)N3C(=NC2=O)SN=C3S(=O)(=O)CC(C)C)ccc1OC(=O)c1ccc(C)cc1. The van der Waals surface area contributed by atoms with Gasteiger partial charge in [0.2, 0.25) is 20.2 Å². The van der Waals surface area contributed by atoms with Crippen molar-refractivity contribution in [1.82, 2.24) is 4.90 Å². The first kappa shape index (κ1) is 26.3. The van der Waals surface area contributed by atoms with Crippen LogP contribution in [0.4, 0.5) is 0 Å². The van der Waals surface area contributed by atoms with Crippen molar-refractivity contribution in [3.05, 3.63) is 64.7 Å². The van der Waals surface area contributed by atoms with Crippen molar-refractivity contribution in [2.45, 2.75) is 20.8 Å². The quantitative estimate of drug-likeness (QED) is 0.252. The first-order chi connectivity index (χ1) is 17.5. The predicted molar refractivity (Wildman–Crippen MR) is 143 cm³/mol. The summed E-state index contributed by atoms with van der Waals surface area (Å²) in [6.07, 6.45) is 1.40. The molecule has 37 heavy (non-hydrogen) atoms. The molecule has 0 saturated carbocycles. The first-order valence-corrected chi connectivity index (χ1v) is 13.6. The third-order valence-electron chi connectivity index (χ3n) is 5.31. The van der Waals surface area contributed by atoms with E-state index < -0.39 is 21.7 Å². The Bertz CT molecular complexity index is 1490. The van der Waals surface area contributed by atoms with Crippen LogP contribution in [0.15, 0.2) is 57.4 Å². The number of esters is 1. The Kier molecular flexibility index (Phi) is 7.32. The molecule has 0 aliphatic carbocycles. The van der Waals surface area contributed by atoms with E-state index in [4.69, 9.17) is 14.9 Å². The van der Waals surface area contributed by atoms with Gasteiger partial charge in [-0.1, -0.05) is 37.6 Å². The number of carbonyl (C=O) groups is 2. The lowest BCUT2D eigenvalue weighted by molar-refractivity contribution is -0.114. The molecule has 2 aromatic carbocycles. The number of rotatable bonds is 6. The smallest absolute Gasteiger partial charge is 0.343 e. The number of aliphatic imine (C=N–C) groups is 1. The van der Waals surface area contributed by atoms with Crippen LogP contribution < -0.4 is 9.47 Å². The fraction of sp³-hybridized carbons (Fsp3) is 0.240. The topological polar surface area (TPSA) is 139 Å². The number of amides is 1. The Morgan fingerprint density at radius 2 is 1.86 bits per heavy atom. The van der Waals surface area contributed by atoms with Crippen molar-refractivity contribution in [2.75, 3.05) is 12.9 Å². The summed E-state index contributed by atoms with van der Waals surface area (Å²) in [4.78, 5) is 30.2. The average molecular weight is 541 g/mol. The number of methoxy groups -OCH3 is 1. The zero-order valence-electron chi connectivity index (χ0n) is 20.5. The fourth-order valence-electron chi connectivity index (χ4n) is 3.59. The molecule has 0 aromatic heterocycles. The second kappa shape index (κ2) is 10.3. The number of benzene rings is 2. The molecule has 0 atom stereocenters. The van der Waals surface area contributed by atoms with Crippen molar-refractivity contribution < 1.29 is 27.5 Å². The van der Waals surface area contributed by atoms with E-state index in [0.717, 1.165) is 22.4 Å². The highest BCUT2D eigenvalue weighted by Crippen LogP contribution is 2.33. The number of nitrogens with one attached hydrogen (secondary N) is 1. The molecule has 0 saturated heterocycles. The van der Waals surface area contributed by atoms with Gasteiger partial charge in [-0.25, -0.2) is 18.1 Å². The highest BCUT2D eigenvalue weighted by molar-refractivity contribution is 8.16. The van der Waals surface area contributed by atoms with Crippen LogP contribution in [-0.4, -0.2) is 54.2 Å². The van der Waals surface area contributed by atoms with Crippen molar-refractivity contribution in [1.29, 1.82) is 5.41 Å². The van der Waals surface area contributed by atoms with Gasteiger partial charge in [0, 0.05) is 0 Å². The number of hydrogen-bond acceptors (Lipinski definition) is 9. The van der Waals surface area contributed by atoms with E-state index in [0.29, 0.717) is 11.1 Å². The van der Waals surface area contributed by atoms with Crippen molar-refractivity contribution >= 4 is 55.9 Å². The van der Waals surface area contributed by atoms with E-state index in [9.17, 15) is 18.0 Å². The molecule has 2 heterocycles. The normalized spacial score (nSPS) is 16.6. The molecule has 192 valence electrons. The lowest BCUT2D eigenvalue weighted by Crippen LogP contribution is -2.46. The van der Waals surface area contributed by atoms with E-state index >= 15 is 0 Å². The van der Waals surface area contributed by atoms with Gasteiger partial charge in [0.25, 0.3) is 5.91 Å². The summed E-state index contributed by atoms with van der Waals surface area (Å²) in [7, 11) is -2.40. The third-order valence-corrected chi connectivity index (χ3v) is 8.07. The van der Waals surface area contributed by atoms with Crippen LogP contribution in [0.25, 0.3) is 6.08 Å². The highest BCUT2D eigenvalue weighted by Gasteiger charge is 2.42. The molecular formula is C25H24N4O6S2. The second-order valence-corrected chi connectivity index (χ2v) is 11.4. The summed E-state index contributed by atoms with van der Waals surface area (Å²) in [6, 6.07) is 11.5. The lowest BCUT2D eigenvalue weighted by atomic mass is 10.1. The van der Waals surface area contributed by atoms with Crippen LogP contribution in [-0.2, 0) is 14.6 Å². The molecule has 2 aliphatic rings. The van der Waals surface area contributed by atoms with Crippen LogP contribution in [0.1, 0.15) is 35.3 Å². The van der Waals surface area contributed by atoms with Gasteiger partial charge in [0.05, 0.1) is 35.9 Å². The Morgan fingerprint density at radius 3 is 2.51 bits per heavy atom. The predicted octanol–water partition coefficient (Wildman–Crippen LogP) is 3.87. The maximum absolute atomic E-state index is 12.8. The number of sulfone groups is 1. The number of carbonyl (C=O) groups excluding carboxylic acids is 2. The van der Waals surface area contributed by atoms with Crippen molar-refractivity contribution in [2.24, 2.45) is 15.3 Å². The van der Waals surface area contributed by atoms with Crippen LogP contribution in [0, 0.1) is 18.3 Å². The molecule has 2 aromatic rings. The minimum Gasteiger partial charge on any atom is -0.493 e. The van der Waals surface area contributed by atoms with E-state index in [1.807, 2.05) is 6.92 Å². The Balaban J connectivity index is 1.61. The summed E-state index contributed by atoms with van der Waals surface area (Å²) in [6.45, 7) is 5.44. The van der Waals surface area contributed by atoms with Gasteiger partial charge >= 0.3 is 5.97 Å². The molecule has 0 spiro atoms. The van der Waals surface area contributed by atoms with Crippen molar-refractivity contribution in [3.8, 4) is 11.5 Å². The molecule has 0 unspecified atom stereocenters. The highest BCUT2D eigenvalue weighted by atomic mass is 32.2. The van der Waals surface area contributed by atoms with E-state index in [2.05, 4.69) is 9.39 Å². The number of amidine groups is 3. The standard InChI is InChI=1S/C25H24N4O6S2/c1-14(2)13-37(32,33)25-28-36-24-27-22(30)18(21(26)29(24)25)11-16-7-10-19(20(12-16)34-4)35-23(31)17-8-5-15(3)6-9-17/h5-12,14,26H,13H2,1-4H3/b18-11-,26-21?. The number of aryl methyl sites for hydroxylation is 1. The maximum atomic E-state index is 12.8. The molecular weight excluding hydrogens is 516 g/mol. The van der Waals surface area contributed by atoms with Crippen LogP contribution in [0.3, 0.4) is 0 Å². The van der Waals surface area contributed by atoms with Crippen molar-refractivity contribution in [3.63, 3.8) is 0 Å². The third kappa shape index (κ3) is 5.49. The van der Waals surface area contributed by atoms with Gasteiger partial charge in [0.15, 0.2) is 11.5 Å². The first-order valence-electron chi connectivity index (χ1n) is 11.2. The largest absolute Gasteiger partial charge is 0.493 e. The minimum atomic E-state index is -3.80. The molecule has 0 bridgehead atoms. The number of fused-ring (bicyclic) bond motifs is 1. The van der Waals surface area contributed by atoms with Gasteiger partial charge < -0.3 is 9.47 Å². The van der Waals surface area contributed by atoms with Crippen LogP contribution >= 0.6 is 11.9 Å². The second-order valence-electron chi connectivity index (χ2n) is 8.75. The Hall–Kier alpha value is -3.77. The summed E-state index contributed by atoms with van der Waals surface area (Å²) in [5, 5.41) is 8.29. The van der Waals surface area contributed by atoms with Gasteiger partial charge in [-0.3, -0.25) is 10.2 Å². The fourth-order valence-corrected chi connectivity index (χ4v) is 6.32. The summed E-state index contributed by atoms with van der Waals surface area (Å²) >= 11 is 0.744. The zero-order chi connectivity index (χ0) is 26.9. The molecule has 12 heteroatoms. The molecule has 0 fully saturated rings. The van der Waals surface area contributed by atoms with Gasteiger partial charge in [0.1, 0.15) is 5.84 Å². The average Bonchev–Trinajstić information content (AvgIpc) is 3.27. The number of nitrogens with zero attached hydrogens (tertiary/aromatic N) is 3. The van der Waals surface area contributed by atoms with Gasteiger partial charge in [-0.05, 0) is 48.7 Å². The Labute approximate surface area is 218 Å². The molecule has 1 N–H and O–H groups in total. The van der Waals surface area contributed by atoms with E-state index in [1.165, 1.54) is 25.3 Å². The molecule has 1 amide bonds. The number of ether oxygens (including phenoxy) is 2. The van der Waals surface area contributed by atoms with E-state index in [1.54, 1.807) is 44.2 Å². The monoisotopic (exact) mass is 540 g/mol. The molecule has 2 aliphatic heterocycles. The lowest BCUT2D eigenvalue weighted by Gasteiger charge is -2.24.